The minimum absolute atomic E-state index is 0.0971. The summed E-state index contributed by atoms with van der Waals surface area (Å²) >= 11 is 0. The number of rotatable bonds is 11. The van der Waals surface area contributed by atoms with Gasteiger partial charge in [0, 0.05) is 29.7 Å². The highest BCUT2D eigenvalue weighted by molar-refractivity contribution is 6.06. The molecule has 3 aromatic carbocycles. The van der Waals surface area contributed by atoms with Gasteiger partial charge in [-0.15, -0.1) is 0 Å². The molecular weight excluding hydrogens is 560 g/mol. The van der Waals surface area contributed by atoms with Crippen LogP contribution in [-0.2, 0) is 24.4 Å². The predicted octanol–water partition coefficient (Wildman–Crippen LogP) is 6.45. The van der Waals surface area contributed by atoms with Crippen molar-refractivity contribution in [3.05, 3.63) is 108 Å². The first-order valence-corrected chi connectivity index (χ1v) is 15.7. The van der Waals surface area contributed by atoms with Crippen molar-refractivity contribution >= 4 is 28.3 Å². The van der Waals surface area contributed by atoms with E-state index in [1.165, 1.54) is 19.3 Å². The number of fused-ring (bicyclic) bond motifs is 1. The third-order valence-corrected chi connectivity index (χ3v) is 8.46. The molecule has 1 fully saturated rings. The van der Waals surface area contributed by atoms with E-state index in [1.807, 2.05) is 72.8 Å². The first-order chi connectivity index (χ1) is 22.0. The summed E-state index contributed by atoms with van der Waals surface area (Å²) < 4.78 is 2.25. The van der Waals surface area contributed by atoms with Gasteiger partial charge in [-0.3, -0.25) is 9.78 Å². The number of nitrogens with zero attached hydrogens (tertiary/aromatic N) is 4. The molecule has 45 heavy (non-hydrogen) atoms. The highest BCUT2D eigenvalue weighted by atomic mass is 16.3. The quantitative estimate of drug-likeness (QED) is 0.119. The number of aryl methyl sites for hydroxylation is 1. The molecule has 0 spiro atoms. The first-order valence-electron chi connectivity index (χ1n) is 15.7. The number of carbonyl (C=O) groups excluding carboxylic acids is 1. The molecule has 1 aliphatic heterocycles. The number of likely N-dealkylation sites (tertiary alicyclic amines) is 1. The van der Waals surface area contributed by atoms with E-state index in [1.54, 1.807) is 0 Å². The molecule has 8 nitrogen and oxygen atoms in total. The molecule has 0 saturated carbocycles. The standard InChI is InChI=1S/C37H40N6O2/c1-26(22-27-10-4-2-5-11-27)37(45)41-33-24-34-35(23-31(33)38)43(21-9-20-42-18-6-3-7-19-42)36(40-34)29-16-14-28(15-17-29)32-13-8-12-30(25-44)39-32/h2,4-5,8,10-17,23-24,44H,1,3,6-7,9,18-22,25,38H2,(H,41,45). The highest BCUT2D eigenvalue weighted by Gasteiger charge is 2.18. The van der Waals surface area contributed by atoms with Gasteiger partial charge in [0.15, 0.2) is 0 Å². The number of aliphatic hydroxyl groups is 1. The van der Waals surface area contributed by atoms with Crippen molar-refractivity contribution in [1.82, 2.24) is 19.4 Å². The zero-order valence-corrected chi connectivity index (χ0v) is 25.6. The number of amides is 1. The lowest BCUT2D eigenvalue weighted by molar-refractivity contribution is -0.112. The second-order valence-corrected chi connectivity index (χ2v) is 11.7. The number of benzene rings is 3. The topological polar surface area (TPSA) is 109 Å². The van der Waals surface area contributed by atoms with Crippen molar-refractivity contribution < 1.29 is 9.90 Å². The van der Waals surface area contributed by atoms with E-state index >= 15 is 0 Å². The summed E-state index contributed by atoms with van der Waals surface area (Å²) in [6.07, 6.45) is 5.31. The Bertz CT molecular complexity index is 1790. The van der Waals surface area contributed by atoms with Crippen molar-refractivity contribution in [2.24, 2.45) is 0 Å². The third-order valence-electron chi connectivity index (χ3n) is 8.46. The van der Waals surface area contributed by atoms with Crippen molar-refractivity contribution in [2.75, 3.05) is 30.7 Å². The summed E-state index contributed by atoms with van der Waals surface area (Å²) in [5.41, 5.74) is 14.1. The maximum absolute atomic E-state index is 13.1. The van der Waals surface area contributed by atoms with E-state index in [2.05, 4.69) is 38.5 Å². The Morgan fingerprint density at radius 1 is 0.889 bits per heavy atom. The van der Waals surface area contributed by atoms with E-state index in [0.717, 1.165) is 71.8 Å². The lowest BCUT2D eigenvalue weighted by Gasteiger charge is -2.26. The number of aliphatic hydroxyl groups excluding tert-OH is 1. The van der Waals surface area contributed by atoms with Crippen LogP contribution in [0.1, 0.15) is 36.9 Å². The molecule has 4 N–H and O–H groups in total. The van der Waals surface area contributed by atoms with Gasteiger partial charge >= 0.3 is 0 Å². The number of hydrogen-bond donors (Lipinski definition) is 3. The van der Waals surface area contributed by atoms with Gasteiger partial charge in [0.1, 0.15) is 5.82 Å². The van der Waals surface area contributed by atoms with E-state index in [9.17, 15) is 9.90 Å². The van der Waals surface area contributed by atoms with Crippen molar-refractivity contribution in [1.29, 1.82) is 0 Å². The second-order valence-electron chi connectivity index (χ2n) is 11.7. The molecule has 0 aliphatic carbocycles. The number of piperidine rings is 1. The largest absolute Gasteiger partial charge is 0.397 e. The van der Waals surface area contributed by atoms with Crippen LogP contribution in [-0.4, -0.2) is 50.1 Å². The van der Waals surface area contributed by atoms with Crippen LogP contribution >= 0.6 is 0 Å². The molecule has 5 aromatic rings. The van der Waals surface area contributed by atoms with Crippen LogP contribution in [0, 0.1) is 0 Å². The van der Waals surface area contributed by atoms with E-state index < -0.39 is 0 Å². The Kier molecular flexibility index (Phi) is 9.33. The maximum Gasteiger partial charge on any atom is 0.251 e. The molecule has 0 unspecified atom stereocenters. The van der Waals surface area contributed by atoms with Gasteiger partial charge in [0.25, 0.3) is 5.91 Å². The summed E-state index contributed by atoms with van der Waals surface area (Å²) in [7, 11) is 0. The summed E-state index contributed by atoms with van der Waals surface area (Å²) in [5, 5.41) is 12.5. The monoisotopic (exact) mass is 600 g/mol. The van der Waals surface area contributed by atoms with Gasteiger partial charge in [-0.25, -0.2) is 4.98 Å². The van der Waals surface area contributed by atoms with E-state index in [-0.39, 0.29) is 12.5 Å². The fourth-order valence-corrected chi connectivity index (χ4v) is 6.03. The van der Waals surface area contributed by atoms with Crippen molar-refractivity contribution in [2.45, 2.75) is 45.3 Å². The second kappa shape index (κ2) is 13.9. The molecule has 1 aliphatic rings. The maximum atomic E-state index is 13.1. The molecule has 8 heteroatoms. The molecule has 0 radical (unpaired) electrons. The normalized spacial score (nSPS) is 13.6. The van der Waals surface area contributed by atoms with Gasteiger partial charge in [-0.1, -0.05) is 73.7 Å². The van der Waals surface area contributed by atoms with Gasteiger partial charge in [0.05, 0.1) is 40.4 Å². The Morgan fingerprint density at radius 3 is 2.40 bits per heavy atom. The van der Waals surface area contributed by atoms with Gasteiger partial charge in [0.2, 0.25) is 0 Å². The average molecular weight is 601 g/mol. The predicted molar refractivity (Wildman–Crippen MR) is 182 cm³/mol. The lowest BCUT2D eigenvalue weighted by Crippen LogP contribution is -2.31. The summed E-state index contributed by atoms with van der Waals surface area (Å²) in [6, 6.07) is 27.4. The van der Waals surface area contributed by atoms with Crippen LogP contribution in [0.4, 0.5) is 11.4 Å². The van der Waals surface area contributed by atoms with Crippen molar-refractivity contribution in [3.63, 3.8) is 0 Å². The lowest BCUT2D eigenvalue weighted by atomic mass is 10.1. The number of hydrogen-bond acceptors (Lipinski definition) is 6. The fraction of sp³-hybridized carbons (Fsp3) is 0.270. The highest BCUT2D eigenvalue weighted by Crippen LogP contribution is 2.32. The molecule has 3 heterocycles. The molecule has 1 saturated heterocycles. The van der Waals surface area contributed by atoms with Crippen LogP contribution in [0.3, 0.4) is 0 Å². The van der Waals surface area contributed by atoms with Crippen LogP contribution < -0.4 is 11.1 Å². The Labute approximate surface area is 264 Å². The molecule has 1 amide bonds. The van der Waals surface area contributed by atoms with Gasteiger partial charge in [-0.2, -0.15) is 0 Å². The number of anilines is 2. The molecular formula is C37H40N6O2. The summed E-state index contributed by atoms with van der Waals surface area (Å²) in [4.78, 5) is 25.2. The SMILES string of the molecule is C=C(Cc1ccccc1)C(=O)Nc1cc2nc(-c3ccc(-c4cccc(CO)n4)cc3)n(CCCN3CCCCC3)c2cc1N. The van der Waals surface area contributed by atoms with E-state index in [0.29, 0.717) is 29.1 Å². The van der Waals surface area contributed by atoms with Gasteiger partial charge < -0.3 is 25.6 Å². The number of pyridine rings is 1. The zero-order valence-electron chi connectivity index (χ0n) is 25.6. The molecule has 0 atom stereocenters. The van der Waals surface area contributed by atoms with Crippen LogP contribution in [0.25, 0.3) is 33.7 Å². The summed E-state index contributed by atoms with van der Waals surface area (Å²) in [5.74, 6) is 0.587. The Balaban J connectivity index is 1.28. The first kappa shape index (κ1) is 30.2. The third kappa shape index (κ3) is 7.14. The number of nitrogen functional groups attached to an aromatic ring is 1. The number of imidazole rings is 1. The minimum Gasteiger partial charge on any atom is -0.397 e. The van der Waals surface area contributed by atoms with Gasteiger partial charge in [-0.05, 0) is 68.7 Å². The molecule has 6 rings (SSSR count). The average Bonchev–Trinajstić information content (AvgIpc) is 3.42. The molecule has 0 bridgehead atoms. The van der Waals surface area contributed by atoms with Crippen LogP contribution in [0.15, 0.2) is 97.1 Å². The van der Waals surface area contributed by atoms with Crippen LogP contribution in [0.2, 0.25) is 0 Å². The number of nitrogens with two attached hydrogens (primary N) is 1. The van der Waals surface area contributed by atoms with Crippen molar-refractivity contribution in [3.8, 4) is 22.6 Å². The van der Waals surface area contributed by atoms with E-state index in [4.69, 9.17) is 10.7 Å². The smallest absolute Gasteiger partial charge is 0.251 e. The number of carbonyl (C=O) groups is 1. The Morgan fingerprint density at radius 2 is 1.64 bits per heavy atom. The Hall–Kier alpha value is -4.79. The fourth-order valence-electron chi connectivity index (χ4n) is 6.03. The van der Waals surface area contributed by atoms with Crippen LogP contribution in [0.5, 0.6) is 0 Å². The summed E-state index contributed by atoms with van der Waals surface area (Å²) in [6.45, 7) is 8.08. The number of nitrogens with one attached hydrogen (secondary N) is 1. The zero-order chi connectivity index (χ0) is 31.2. The molecule has 230 valence electrons. The minimum atomic E-state index is -0.263. The molecule has 2 aromatic heterocycles. The number of aromatic nitrogens is 3.